The Morgan fingerprint density at radius 3 is 2.13 bits per heavy atom. The number of hydrazine groups is 1. The van der Waals surface area contributed by atoms with Crippen molar-refractivity contribution < 1.29 is 23.7 Å². The number of hydrogen-bond acceptors (Lipinski definition) is 7. The van der Waals surface area contributed by atoms with Crippen molar-refractivity contribution in [1.82, 2.24) is 15.8 Å². The number of hydrogen-bond donors (Lipinski definition) is 3. The quantitative estimate of drug-likeness (QED) is 0.393. The van der Waals surface area contributed by atoms with Gasteiger partial charge in [-0.05, 0) is 24.4 Å². The van der Waals surface area contributed by atoms with Gasteiger partial charge in [-0.15, -0.1) is 0 Å². The predicted octanol–water partition coefficient (Wildman–Crippen LogP) is 2.90. The van der Waals surface area contributed by atoms with Crippen LogP contribution in [-0.4, -0.2) is 44.4 Å². The Hall–Kier alpha value is -3.79. The highest BCUT2D eigenvalue weighted by atomic mass is 32.1. The van der Waals surface area contributed by atoms with Gasteiger partial charge in [-0.1, -0.05) is 12.1 Å². The third-order valence-electron chi connectivity index (χ3n) is 4.34. The van der Waals surface area contributed by atoms with E-state index in [0.717, 1.165) is 5.39 Å². The fourth-order valence-electron chi connectivity index (χ4n) is 2.92. The highest BCUT2D eigenvalue weighted by molar-refractivity contribution is 7.80. The molecule has 1 heterocycles. The number of methoxy groups -OCH3 is 4. The summed E-state index contributed by atoms with van der Waals surface area (Å²) >= 11 is 5.26. The maximum absolute atomic E-state index is 12.6. The second-order valence-corrected chi connectivity index (χ2v) is 6.58. The van der Waals surface area contributed by atoms with E-state index >= 15 is 0 Å². The van der Waals surface area contributed by atoms with Crippen molar-refractivity contribution in [1.29, 1.82) is 0 Å². The molecule has 0 unspecified atom stereocenters. The number of pyridine rings is 1. The van der Waals surface area contributed by atoms with E-state index in [4.69, 9.17) is 31.2 Å². The van der Waals surface area contributed by atoms with Gasteiger partial charge in [0, 0.05) is 29.3 Å². The highest BCUT2D eigenvalue weighted by Gasteiger charge is 2.15. The number of benzene rings is 2. The molecule has 0 saturated carbocycles. The standard InChI is InChI=1S/C21H22N4O5S/c1-27-16-11-15(23-14-8-6-5-7-13(14)16)20(26)24-25-21(31)22-12-9-17(28-2)19(30-4)18(10-12)29-3/h5-11H,1-4H3,(H,24,26)(H2,22,25,31). The van der Waals surface area contributed by atoms with Crippen LogP contribution in [0.1, 0.15) is 10.5 Å². The zero-order valence-electron chi connectivity index (χ0n) is 17.4. The Labute approximate surface area is 184 Å². The van der Waals surface area contributed by atoms with E-state index in [2.05, 4.69) is 21.2 Å². The number of fused-ring (bicyclic) bond motifs is 1. The smallest absolute Gasteiger partial charge is 0.288 e. The average molecular weight is 442 g/mol. The van der Waals surface area contributed by atoms with Gasteiger partial charge in [-0.2, -0.15) is 0 Å². The van der Waals surface area contributed by atoms with E-state index in [1.165, 1.54) is 28.4 Å². The second kappa shape index (κ2) is 9.81. The first-order valence-corrected chi connectivity index (χ1v) is 9.52. The Kier molecular flexibility index (Phi) is 6.93. The molecule has 0 spiro atoms. The minimum Gasteiger partial charge on any atom is -0.496 e. The van der Waals surface area contributed by atoms with Gasteiger partial charge in [0.05, 0.1) is 34.0 Å². The van der Waals surface area contributed by atoms with Crippen LogP contribution in [0.5, 0.6) is 23.0 Å². The van der Waals surface area contributed by atoms with E-state index in [9.17, 15) is 4.79 Å². The van der Waals surface area contributed by atoms with Gasteiger partial charge < -0.3 is 24.3 Å². The summed E-state index contributed by atoms with van der Waals surface area (Å²) < 4.78 is 21.3. The lowest BCUT2D eigenvalue weighted by molar-refractivity contribution is 0.0939. The summed E-state index contributed by atoms with van der Waals surface area (Å²) in [6, 6.07) is 12.3. The molecule has 0 atom stereocenters. The van der Waals surface area contributed by atoms with Gasteiger partial charge in [0.2, 0.25) is 5.75 Å². The fourth-order valence-corrected chi connectivity index (χ4v) is 3.09. The number of ether oxygens (including phenoxy) is 4. The molecule has 0 fully saturated rings. The lowest BCUT2D eigenvalue weighted by atomic mass is 10.2. The highest BCUT2D eigenvalue weighted by Crippen LogP contribution is 2.39. The molecule has 1 amide bonds. The molecule has 0 saturated heterocycles. The van der Waals surface area contributed by atoms with Crippen LogP contribution in [0.25, 0.3) is 10.9 Å². The van der Waals surface area contributed by atoms with Crippen molar-refractivity contribution in [2.24, 2.45) is 0 Å². The number of nitrogens with zero attached hydrogens (tertiary/aromatic N) is 1. The third-order valence-corrected chi connectivity index (χ3v) is 4.55. The Bertz CT molecular complexity index is 1100. The second-order valence-electron chi connectivity index (χ2n) is 6.17. The first kappa shape index (κ1) is 21.9. The number of amides is 1. The summed E-state index contributed by atoms with van der Waals surface area (Å²) in [4.78, 5) is 16.9. The number of carbonyl (C=O) groups is 1. The topological polar surface area (TPSA) is 103 Å². The molecule has 0 radical (unpaired) electrons. The van der Waals surface area contributed by atoms with Gasteiger partial charge in [-0.25, -0.2) is 4.98 Å². The number of nitrogens with one attached hydrogen (secondary N) is 3. The lowest BCUT2D eigenvalue weighted by Crippen LogP contribution is -2.44. The van der Waals surface area contributed by atoms with Crippen molar-refractivity contribution in [2.75, 3.05) is 33.8 Å². The van der Waals surface area contributed by atoms with Gasteiger partial charge in [0.15, 0.2) is 16.6 Å². The molecule has 3 N–H and O–H groups in total. The number of rotatable bonds is 6. The van der Waals surface area contributed by atoms with Crippen molar-refractivity contribution in [2.45, 2.75) is 0 Å². The van der Waals surface area contributed by atoms with Crippen LogP contribution in [0.3, 0.4) is 0 Å². The van der Waals surface area contributed by atoms with Crippen LogP contribution in [0.2, 0.25) is 0 Å². The van der Waals surface area contributed by atoms with Gasteiger partial charge >= 0.3 is 0 Å². The molecule has 3 rings (SSSR count). The number of carbonyl (C=O) groups excluding carboxylic acids is 1. The number of thiocarbonyl (C=S) groups is 1. The summed E-state index contributed by atoms with van der Waals surface area (Å²) in [6.07, 6.45) is 0. The predicted molar refractivity (Wildman–Crippen MR) is 121 cm³/mol. The summed E-state index contributed by atoms with van der Waals surface area (Å²) in [6.45, 7) is 0. The number of para-hydroxylation sites is 1. The molecule has 162 valence electrons. The average Bonchev–Trinajstić information content (AvgIpc) is 2.80. The largest absolute Gasteiger partial charge is 0.496 e. The molecule has 0 bridgehead atoms. The Morgan fingerprint density at radius 1 is 0.871 bits per heavy atom. The van der Waals surface area contributed by atoms with Crippen molar-refractivity contribution in [3.05, 3.63) is 48.2 Å². The van der Waals surface area contributed by atoms with Crippen molar-refractivity contribution in [3.63, 3.8) is 0 Å². The number of anilines is 1. The minimum atomic E-state index is -0.474. The third kappa shape index (κ3) is 4.86. The molecule has 1 aromatic heterocycles. The molecule has 0 aliphatic carbocycles. The zero-order chi connectivity index (χ0) is 22.4. The number of aromatic nitrogens is 1. The molecule has 0 aliphatic rings. The molecule has 0 aliphatic heterocycles. The summed E-state index contributed by atoms with van der Waals surface area (Å²) in [5, 5.41) is 3.91. The van der Waals surface area contributed by atoms with Gasteiger partial charge in [0.1, 0.15) is 11.4 Å². The fraction of sp³-hybridized carbons (Fsp3) is 0.190. The molecule has 2 aromatic carbocycles. The zero-order valence-corrected chi connectivity index (χ0v) is 18.3. The molecule has 3 aromatic rings. The first-order valence-electron chi connectivity index (χ1n) is 9.11. The maximum atomic E-state index is 12.6. The Balaban J connectivity index is 1.70. The lowest BCUT2D eigenvalue weighted by Gasteiger charge is -2.16. The minimum absolute atomic E-state index is 0.148. The van der Waals surface area contributed by atoms with Crippen molar-refractivity contribution >= 4 is 39.8 Å². The monoisotopic (exact) mass is 442 g/mol. The summed E-state index contributed by atoms with van der Waals surface area (Å²) in [5.74, 6) is 1.46. The SMILES string of the molecule is COc1cc(NC(=S)NNC(=O)c2cc(OC)c3ccccc3n2)cc(OC)c1OC. The van der Waals surface area contributed by atoms with Crippen molar-refractivity contribution in [3.8, 4) is 23.0 Å². The first-order chi connectivity index (χ1) is 15.0. The van der Waals surface area contributed by atoms with Crippen LogP contribution >= 0.6 is 12.2 Å². The summed E-state index contributed by atoms with van der Waals surface area (Å²) in [5.41, 5.74) is 6.56. The van der Waals surface area contributed by atoms with Gasteiger partial charge in [-0.3, -0.25) is 15.6 Å². The van der Waals surface area contributed by atoms with Crippen LogP contribution in [0, 0.1) is 0 Å². The van der Waals surface area contributed by atoms with E-state index < -0.39 is 5.91 Å². The van der Waals surface area contributed by atoms with Crippen LogP contribution in [0.4, 0.5) is 5.69 Å². The molecule has 31 heavy (non-hydrogen) atoms. The van der Waals surface area contributed by atoms with Crippen LogP contribution in [0.15, 0.2) is 42.5 Å². The van der Waals surface area contributed by atoms with E-state index in [0.29, 0.717) is 34.2 Å². The molecule has 10 heteroatoms. The molecule has 9 nitrogen and oxygen atoms in total. The van der Waals surface area contributed by atoms with E-state index in [-0.39, 0.29) is 10.8 Å². The summed E-state index contributed by atoms with van der Waals surface area (Å²) in [7, 11) is 6.09. The van der Waals surface area contributed by atoms with E-state index in [1.807, 2.05) is 18.2 Å². The Morgan fingerprint density at radius 2 is 1.52 bits per heavy atom. The van der Waals surface area contributed by atoms with Crippen LogP contribution in [-0.2, 0) is 0 Å². The van der Waals surface area contributed by atoms with E-state index in [1.54, 1.807) is 24.3 Å². The molecular formula is C21H22N4O5S. The van der Waals surface area contributed by atoms with Crippen LogP contribution < -0.4 is 35.1 Å². The van der Waals surface area contributed by atoms with Gasteiger partial charge in [0.25, 0.3) is 5.91 Å². The molecular weight excluding hydrogens is 420 g/mol. The maximum Gasteiger partial charge on any atom is 0.288 e. The normalized spacial score (nSPS) is 10.2.